The summed E-state index contributed by atoms with van der Waals surface area (Å²) in [5.41, 5.74) is 2.14. The minimum absolute atomic E-state index is 0.802. The first-order chi connectivity index (χ1) is 10.3. The number of hydrogen-bond donors (Lipinski definition) is 2. The highest BCUT2D eigenvalue weighted by molar-refractivity contribution is 6.34. The van der Waals surface area contributed by atoms with E-state index >= 15 is 0 Å². The predicted molar refractivity (Wildman–Crippen MR) is 86.2 cm³/mol. The Bertz CT molecular complexity index is 568. The Morgan fingerprint density at radius 2 is 1.90 bits per heavy atom. The Morgan fingerprint density at radius 1 is 1.14 bits per heavy atom. The van der Waals surface area contributed by atoms with Crippen molar-refractivity contribution in [1.82, 2.24) is 15.5 Å². The zero-order valence-electron chi connectivity index (χ0n) is 12.1. The van der Waals surface area contributed by atoms with Gasteiger partial charge in [0.1, 0.15) is 0 Å². The smallest absolute Gasteiger partial charge is 0.0672 e. The van der Waals surface area contributed by atoms with Crippen molar-refractivity contribution in [3.8, 4) is 0 Å². The topological polar surface area (TPSA) is 53.2 Å². The Labute approximate surface area is 129 Å². The number of hydrogen-bond acceptors (Lipinski definition) is 4. The van der Waals surface area contributed by atoms with Gasteiger partial charge in [-0.3, -0.25) is 5.10 Å². The number of anilines is 1. The normalized spacial score (nSPS) is 18.6. The molecule has 2 fully saturated rings. The molecule has 5 nitrogen and oxygen atoms in total. The summed E-state index contributed by atoms with van der Waals surface area (Å²) in [5, 5.41) is 12.2. The molecule has 0 atom stereocenters. The number of benzene rings is 1. The molecule has 0 unspecified atom stereocenters. The maximum Gasteiger partial charge on any atom is 0.0672 e. The van der Waals surface area contributed by atoms with Crippen LogP contribution in [0.2, 0.25) is 5.02 Å². The molecule has 2 N–H and O–H groups in total. The molecule has 0 saturated carbocycles. The number of piperazine rings is 1. The van der Waals surface area contributed by atoms with Crippen LogP contribution in [0.3, 0.4) is 0 Å². The van der Waals surface area contributed by atoms with E-state index in [1.165, 1.54) is 12.8 Å². The maximum atomic E-state index is 6.29. The van der Waals surface area contributed by atoms with Crippen LogP contribution >= 0.6 is 11.6 Å². The van der Waals surface area contributed by atoms with E-state index in [1.807, 2.05) is 6.07 Å². The van der Waals surface area contributed by atoms with Gasteiger partial charge in [0.2, 0.25) is 0 Å². The van der Waals surface area contributed by atoms with Crippen LogP contribution < -0.4 is 10.2 Å². The number of nitrogens with zero attached hydrogens (tertiary/aromatic N) is 2. The molecule has 0 aliphatic carbocycles. The van der Waals surface area contributed by atoms with Gasteiger partial charge in [-0.1, -0.05) is 11.6 Å². The van der Waals surface area contributed by atoms with E-state index in [-0.39, 0.29) is 0 Å². The minimum atomic E-state index is 0.802. The van der Waals surface area contributed by atoms with Gasteiger partial charge in [-0.2, -0.15) is 5.10 Å². The highest BCUT2D eigenvalue weighted by atomic mass is 35.5. The van der Waals surface area contributed by atoms with Gasteiger partial charge in [-0.25, -0.2) is 0 Å². The fraction of sp³-hybridized carbons (Fsp3) is 0.533. The number of aromatic nitrogens is 2. The molecule has 0 amide bonds. The van der Waals surface area contributed by atoms with Crippen LogP contribution in [0.5, 0.6) is 0 Å². The fourth-order valence-corrected chi connectivity index (χ4v) is 2.90. The molecule has 1 aromatic heterocycles. The molecule has 2 aliphatic heterocycles. The summed E-state index contributed by atoms with van der Waals surface area (Å²) in [7, 11) is 0. The monoisotopic (exact) mass is 308 g/mol. The summed E-state index contributed by atoms with van der Waals surface area (Å²) in [6.07, 6.45) is 4.35. The third kappa shape index (κ3) is 3.67. The fourth-order valence-electron chi connectivity index (χ4n) is 2.61. The number of aromatic amines is 1. The lowest BCUT2D eigenvalue weighted by Gasteiger charge is -2.30. The largest absolute Gasteiger partial charge is 0.381 e. The third-order valence-electron chi connectivity index (χ3n) is 3.79. The molecule has 0 radical (unpaired) electrons. The lowest BCUT2D eigenvalue weighted by molar-refractivity contribution is 0.198. The molecule has 0 bridgehead atoms. The number of rotatable bonds is 1. The molecule has 3 heterocycles. The molecule has 2 saturated heterocycles. The quantitative estimate of drug-likeness (QED) is 0.849. The highest BCUT2D eigenvalue weighted by Crippen LogP contribution is 2.30. The number of ether oxygens (including phenoxy) is 1. The second-order valence-corrected chi connectivity index (χ2v) is 5.72. The molecule has 2 aliphatic rings. The number of halogens is 1. The molecule has 4 rings (SSSR count). The minimum Gasteiger partial charge on any atom is -0.381 e. The van der Waals surface area contributed by atoms with Crippen molar-refractivity contribution in [2.75, 3.05) is 44.3 Å². The van der Waals surface area contributed by atoms with Crippen LogP contribution in [0, 0.1) is 0 Å². The van der Waals surface area contributed by atoms with Crippen molar-refractivity contribution in [2.24, 2.45) is 0 Å². The van der Waals surface area contributed by atoms with E-state index in [1.54, 1.807) is 6.20 Å². The zero-order valence-corrected chi connectivity index (χ0v) is 12.8. The van der Waals surface area contributed by atoms with Gasteiger partial charge in [0.15, 0.2) is 0 Å². The van der Waals surface area contributed by atoms with Gasteiger partial charge in [0, 0.05) is 44.8 Å². The lowest BCUT2D eigenvalue weighted by atomic mass is 10.2. The van der Waals surface area contributed by atoms with E-state index in [0.29, 0.717) is 0 Å². The molecule has 2 aromatic rings. The Hall–Kier alpha value is -1.30. The molecule has 1 aromatic carbocycles. The van der Waals surface area contributed by atoms with Crippen LogP contribution in [0.4, 0.5) is 5.69 Å². The van der Waals surface area contributed by atoms with Crippen LogP contribution in [0.15, 0.2) is 18.3 Å². The van der Waals surface area contributed by atoms with Crippen LogP contribution in [-0.4, -0.2) is 49.6 Å². The zero-order chi connectivity index (χ0) is 14.5. The lowest BCUT2D eigenvalue weighted by Crippen LogP contribution is -2.43. The molecular weight excluding hydrogens is 288 g/mol. The summed E-state index contributed by atoms with van der Waals surface area (Å²) in [6, 6.07) is 4.05. The molecule has 6 heteroatoms. The van der Waals surface area contributed by atoms with Crippen LogP contribution in [-0.2, 0) is 4.74 Å². The van der Waals surface area contributed by atoms with E-state index in [0.717, 1.165) is 61.0 Å². The predicted octanol–water partition coefficient (Wildman–Crippen LogP) is 2.42. The SMILES string of the molecule is C1CCOC1.Clc1cc2cn[nH]c2cc1N1CCNCC1. The Morgan fingerprint density at radius 3 is 2.57 bits per heavy atom. The average Bonchev–Trinajstić information content (AvgIpc) is 3.21. The van der Waals surface area contributed by atoms with Crippen molar-refractivity contribution < 1.29 is 4.74 Å². The van der Waals surface area contributed by atoms with Crippen molar-refractivity contribution in [1.29, 1.82) is 0 Å². The Balaban J connectivity index is 0.000000225. The number of H-pyrrole nitrogens is 1. The molecule has 114 valence electrons. The molecule has 21 heavy (non-hydrogen) atoms. The van der Waals surface area contributed by atoms with Gasteiger partial charge in [-0.05, 0) is 25.0 Å². The maximum absolute atomic E-state index is 6.29. The summed E-state index contributed by atoms with van der Waals surface area (Å²) in [5.74, 6) is 0. The third-order valence-corrected chi connectivity index (χ3v) is 4.10. The second-order valence-electron chi connectivity index (χ2n) is 5.32. The summed E-state index contributed by atoms with van der Waals surface area (Å²) < 4.78 is 4.94. The summed E-state index contributed by atoms with van der Waals surface area (Å²) >= 11 is 6.29. The van der Waals surface area contributed by atoms with Crippen molar-refractivity contribution in [3.63, 3.8) is 0 Å². The van der Waals surface area contributed by atoms with E-state index in [9.17, 15) is 0 Å². The van der Waals surface area contributed by atoms with Gasteiger partial charge in [0.25, 0.3) is 0 Å². The van der Waals surface area contributed by atoms with E-state index in [4.69, 9.17) is 16.3 Å². The van der Waals surface area contributed by atoms with Crippen molar-refractivity contribution in [3.05, 3.63) is 23.4 Å². The second kappa shape index (κ2) is 7.11. The van der Waals surface area contributed by atoms with Gasteiger partial charge < -0.3 is 15.0 Å². The number of fused-ring (bicyclic) bond motifs is 1. The standard InChI is InChI=1S/C11H13ClN4.C4H8O/c12-9-5-8-7-14-15-10(8)6-11(9)16-3-1-13-2-4-16;1-2-4-5-3-1/h5-7,13H,1-4H2,(H,14,15);1-4H2. The first-order valence-electron chi connectivity index (χ1n) is 7.50. The van der Waals surface area contributed by atoms with Gasteiger partial charge in [-0.15, -0.1) is 0 Å². The van der Waals surface area contributed by atoms with E-state index < -0.39 is 0 Å². The molecular formula is C15H21ClN4O. The first kappa shape index (κ1) is 14.6. The first-order valence-corrected chi connectivity index (χ1v) is 7.88. The van der Waals surface area contributed by atoms with Gasteiger partial charge >= 0.3 is 0 Å². The van der Waals surface area contributed by atoms with Crippen molar-refractivity contribution >= 4 is 28.2 Å². The Kier molecular flexibility index (Phi) is 4.95. The highest BCUT2D eigenvalue weighted by Gasteiger charge is 2.14. The number of nitrogens with one attached hydrogen (secondary N) is 2. The van der Waals surface area contributed by atoms with Crippen LogP contribution in [0.1, 0.15) is 12.8 Å². The molecule has 0 spiro atoms. The van der Waals surface area contributed by atoms with Crippen molar-refractivity contribution in [2.45, 2.75) is 12.8 Å². The average molecular weight is 309 g/mol. The van der Waals surface area contributed by atoms with Gasteiger partial charge in [0.05, 0.1) is 22.4 Å². The summed E-state index contributed by atoms with van der Waals surface area (Å²) in [6.45, 7) is 6.02. The van der Waals surface area contributed by atoms with Crippen LogP contribution in [0.25, 0.3) is 10.9 Å². The van der Waals surface area contributed by atoms with E-state index in [2.05, 4.69) is 26.5 Å². The summed E-state index contributed by atoms with van der Waals surface area (Å²) in [4.78, 5) is 2.30.